The van der Waals surface area contributed by atoms with Gasteiger partial charge in [-0.05, 0) is 29.2 Å². The smallest absolute Gasteiger partial charge is 0.328 e. The van der Waals surface area contributed by atoms with Gasteiger partial charge in [-0.2, -0.15) is 0 Å². The predicted molar refractivity (Wildman–Crippen MR) is 57.2 cm³/mol. The molecule has 78 valence electrons. The highest BCUT2D eigenvalue weighted by Crippen LogP contribution is 2.17. The summed E-state index contributed by atoms with van der Waals surface area (Å²) >= 11 is 1.40. The van der Waals surface area contributed by atoms with Crippen molar-refractivity contribution in [2.24, 2.45) is 0 Å². The SMILES string of the molecule is O=CO/C=C/c1csc(/C=C/C(=O)O)c1. The molecule has 0 radical (unpaired) electrons. The monoisotopic (exact) mass is 224 g/mol. The standard InChI is InChI=1S/C10H8O4S/c11-7-14-4-3-8-5-9(15-6-8)1-2-10(12)13/h1-7H,(H,12,13)/b2-1+,4-3+. The van der Waals surface area contributed by atoms with Crippen LogP contribution in [0.15, 0.2) is 23.8 Å². The molecule has 0 amide bonds. The highest BCUT2D eigenvalue weighted by atomic mass is 32.1. The van der Waals surface area contributed by atoms with Crippen LogP contribution in [0.5, 0.6) is 0 Å². The van der Waals surface area contributed by atoms with Crippen LogP contribution in [-0.4, -0.2) is 17.5 Å². The molecule has 1 aromatic rings. The zero-order valence-corrected chi connectivity index (χ0v) is 8.44. The first-order chi connectivity index (χ1) is 7.22. The summed E-state index contributed by atoms with van der Waals surface area (Å²) in [6, 6.07) is 1.79. The number of rotatable bonds is 5. The zero-order valence-electron chi connectivity index (χ0n) is 7.62. The maximum atomic E-state index is 10.2. The van der Waals surface area contributed by atoms with E-state index in [1.54, 1.807) is 12.1 Å². The molecular weight excluding hydrogens is 216 g/mol. The lowest BCUT2D eigenvalue weighted by molar-refractivity contribution is -0.131. The summed E-state index contributed by atoms with van der Waals surface area (Å²) < 4.78 is 4.38. The Morgan fingerprint density at radius 1 is 1.47 bits per heavy atom. The molecule has 0 atom stereocenters. The van der Waals surface area contributed by atoms with Crippen molar-refractivity contribution in [3.8, 4) is 0 Å². The minimum atomic E-state index is -0.982. The lowest BCUT2D eigenvalue weighted by Crippen LogP contribution is -1.84. The highest BCUT2D eigenvalue weighted by molar-refractivity contribution is 7.11. The van der Waals surface area contributed by atoms with Crippen LogP contribution in [0, 0.1) is 0 Å². The van der Waals surface area contributed by atoms with E-state index < -0.39 is 5.97 Å². The number of carboxylic acid groups (broad SMARTS) is 1. The Balaban J connectivity index is 2.63. The average Bonchev–Trinajstić information content (AvgIpc) is 2.63. The number of aliphatic carboxylic acids is 1. The van der Waals surface area contributed by atoms with E-state index in [0.29, 0.717) is 6.47 Å². The summed E-state index contributed by atoms with van der Waals surface area (Å²) in [6.45, 7) is 0.327. The molecule has 1 aromatic heterocycles. The van der Waals surface area contributed by atoms with Crippen molar-refractivity contribution in [3.63, 3.8) is 0 Å². The molecule has 0 spiro atoms. The topological polar surface area (TPSA) is 63.6 Å². The van der Waals surface area contributed by atoms with E-state index in [-0.39, 0.29) is 0 Å². The molecule has 1 heterocycles. The van der Waals surface area contributed by atoms with Gasteiger partial charge in [0.25, 0.3) is 6.47 Å². The molecule has 0 aliphatic carbocycles. The maximum Gasteiger partial charge on any atom is 0.328 e. The van der Waals surface area contributed by atoms with E-state index in [2.05, 4.69) is 4.74 Å². The third-order valence-electron chi connectivity index (χ3n) is 1.42. The van der Waals surface area contributed by atoms with Gasteiger partial charge in [-0.1, -0.05) is 0 Å². The Kier molecular flexibility index (Phi) is 4.30. The normalized spacial score (nSPS) is 10.9. The third kappa shape index (κ3) is 4.24. The first kappa shape index (κ1) is 11.2. The molecule has 0 fully saturated rings. The van der Waals surface area contributed by atoms with E-state index >= 15 is 0 Å². The Labute approximate surface area is 90.1 Å². The van der Waals surface area contributed by atoms with Crippen molar-refractivity contribution in [2.45, 2.75) is 0 Å². The second kappa shape index (κ2) is 5.77. The van der Waals surface area contributed by atoms with E-state index in [1.807, 2.05) is 5.38 Å². The second-order valence-electron chi connectivity index (χ2n) is 2.49. The predicted octanol–water partition coefficient (Wildman–Crippen LogP) is 1.99. The molecule has 0 aliphatic rings. The van der Waals surface area contributed by atoms with Gasteiger partial charge in [-0.25, -0.2) is 4.79 Å². The van der Waals surface area contributed by atoms with E-state index in [1.165, 1.54) is 23.7 Å². The largest absolute Gasteiger partial charge is 0.478 e. The van der Waals surface area contributed by atoms with Crippen LogP contribution in [-0.2, 0) is 14.3 Å². The minimum absolute atomic E-state index is 0.327. The minimum Gasteiger partial charge on any atom is -0.478 e. The first-order valence-corrected chi connectivity index (χ1v) is 4.85. The van der Waals surface area contributed by atoms with Gasteiger partial charge < -0.3 is 9.84 Å². The fourth-order valence-electron chi connectivity index (χ4n) is 0.847. The van der Waals surface area contributed by atoms with Crippen LogP contribution in [0.1, 0.15) is 10.4 Å². The summed E-state index contributed by atoms with van der Waals surface area (Å²) in [4.78, 5) is 20.9. The Morgan fingerprint density at radius 3 is 2.93 bits per heavy atom. The molecule has 0 bridgehead atoms. The lowest BCUT2D eigenvalue weighted by Gasteiger charge is -1.83. The number of carbonyl (C=O) groups excluding carboxylic acids is 1. The van der Waals surface area contributed by atoms with Crippen molar-refractivity contribution < 1.29 is 19.4 Å². The summed E-state index contributed by atoms with van der Waals surface area (Å²) in [6.07, 6.45) is 5.45. The molecule has 5 heteroatoms. The Bertz CT molecular complexity index is 403. The van der Waals surface area contributed by atoms with E-state index in [4.69, 9.17) is 5.11 Å². The van der Waals surface area contributed by atoms with Crippen molar-refractivity contribution in [1.29, 1.82) is 0 Å². The molecular formula is C10H8O4S. The van der Waals surface area contributed by atoms with Crippen LogP contribution in [0.3, 0.4) is 0 Å². The van der Waals surface area contributed by atoms with Gasteiger partial charge in [0.05, 0.1) is 6.26 Å². The van der Waals surface area contributed by atoms with Crippen LogP contribution in [0.2, 0.25) is 0 Å². The van der Waals surface area contributed by atoms with Gasteiger partial charge in [0.2, 0.25) is 0 Å². The third-order valence-corrected chi connectivity index (χ3v) is 2.34. The van der Waals surface area contributed by atoms with Gasteiger partial charge in [0.1, 0.15) is 0 Å². The number of thiophene rings is 1. The van der Waals surface area contributed by atoms with Gasteiger partial charge in [0.15, 0.2) is 0 Å². The number of hydrogen-bond acceptors (Lipinski definition) is 4. The van der Waals surface area contributed by atoms with E-state index in [9.17, 15) is 9.59 Å². The first-order valence-electron chi connectivity index (χ1n) is 3.97. The molecule has 0 aliphatic heterocycles. The number of carboxylic acids is 1. The fourth-order valence-corrected chi connectivity index (χ4v) is 1.62. The summed E-state index contributed by atoms with van der Waals surface area (Å²) in [5.41, 5.74) is 0.854. The zero-order chi connectivity index (χ0) is 11.1. The molecule has 1 rings (SSSR count). The van der Waals surface area contributed by atoms with Gasteiger partial charge in [-0.3, -0.25) is 4.79 Å². The quantitative estimate of drug-likeness (QED) is 0.472. The lowest BCUT2D eigenvalue weighted by atomic mass is 10.3. The van der Waals surface area contributed by atoms with Crippen LogP contribution in [0.25, 0.3) is 12.2 Å². The molecule has 0 unspecified atom stereocenters. The van der Waals surface area contributed by atoms with Crippen LogP contribution in [0.4, 0.5) is 0 Å². The van der Waals surface area contributed by atoms with Crippen LogP contribution < -0.4 is 0 Å². The number of ether oxygens (including phenoxy) is 1. The van der Waals surface area contributed by atoms with Crippen molar-refractivity contribution >= 4 is 35.9 Å². The molecule has 0 aromatic carbocycles. The van der Waals surface area contributed by atoms with E-state index in [0.717, 1.165) is 16.5 Å². The molecule has 0 saturated carbocycles. The van der Waals surface area contributed by atoms with Gasteiger partial charge in [0, 0.05) is 11.0 Å². The summed E-state index contributed by atoms with van der Waals surface area (Å²) in [7, 11) is 0. The number of carbonyl (C=O) groups is 2. The van der Waals surface area contributed by atoms with Crippen molar-refractivity contribution in [1.82, 2.24) is 0 Å². The van der Waals surface area contributed by atoms with Crippen LogP contribution >= 0.6 is 11.3 Å². The second-order valence-corrected chi connectivity index (χ2v) is 3.43. The van der Waals surface area contributed by atoms with Crippen molar-refractivity contribution in [3.05, 3.63) is 34.2 Å². The average molecular weight is 224 g/mol. The highest BCUT2D eigenvalue weighted by Gasteiger charge is 1.94. The molecule has 0 saturated heterocycles. The van der Waals surface area contributed by atoms with Gasteiger partial charge in [-0.15, -0.1) is 11.3 Å². The Hall–Kier alpha value is -1.88. The molecule has 4 nitrogen and oxygen atoms in total. The summed E-state index contributed by atoms with van der Waals surface area (Å²) in [5.74, 6) is -0.982. The number of hydrogen-bond donors (Lipinski definition) is 1. The molecule has 1 N–H and O–H groups in total. The summed E-state index contributed by atoms with van der Waals surface area (Å²) in [5, 5.41) is 10.2. The maximum absolute atomic E-state index is 10.2. The Morgan fingerprint density at radius 2 is 2.27 bits per heavy atom. The van der Waals surface area contributed by atoms with Crippen molar-refractivity contribution in [2.75, 3.05) is 0 Å². The molecule has 15 heavy (non-hydrogen) atoms. The van der Waals surface area contributed by atoms with Gasteiger partial charge >= 0.3 is 5.97 Å². The fraction of sp³-hybridized carbons (Fsp3) is 0.